The highest BCUT2D eigenvalue weighted by Crippen LogP contribution is 2.12. The van der Waals surface area contributed by atoms with Crippen LogP contribution in [0.1, 0.15) is 17.0 Å². The Labute approximate surface area is 107 Å². The smallest absolute Gasteiger partial charge is 0.241 e. The van der Waals surface area contributed by atoms with Crippen molar-refractivity contribution < 1.29 is 9.59 Å². The highest BCUT2D eigenvalue weighted by atomic mass is 16.2. The maximum Gasteiger partial charge on any atom is 0.241 e. The standard InChI is InChI=1S/C12H20N4O2/c1-8-10(9(2)16(5)14-8)6-11(17)13-7-12(18)15(3)4/h6-7H2,1-5H3,(H,13,17). The van der Waals surface area contributed by atoms with E-state index < -0.39 is 0 Å². The molecule has 100 valence electrons. The largest absolute Gasteiger partial charge is 0.347 e. The van der Waals surface area contributed by atoms with Gasteiger partial charge in [0.05, 0.1) is 18.7 Å². The highest BCUT2D eigenvalue weighted by molar-refractivity contribution is 5.85. The molecule has 0 unspecified atom stereocenters. The van der Waals surface area contributed by atoms with Gasteiger partial charge in [0.15, 0.2) is 0 Å². The number of aromatic nitrogens is 2. The number of nitrogens with zero attached hydrogens (tertiary/aromatic N) is 3. The monoisotopic (exact) mass is 252 g/mol. The highest BCUT2D eigenvalue weighted by Gasteiger charge is 2.14. The Balaban J connectivity index is 2.58. The summed E-state index contributed by atoms with van der Waals surface area (Å²) in [4.78, 5) is 24.5. The first kappa shape index (κ1) is 14.2. The van der Waals surface area contributed by atoms with E-state index in [2.05, 4.69) is 10.4 Å². The fourth-order valence-corrected chi connectivity index (χ4v) is 1.63. The summed E-state index contributed by atoms with van der Waals surface area (Å²) in [6.45, 7) is 3.83. The van der Waals surface area contributed by atoms with Crippen LogP contribution in [-0.4, -0.2) is 47.1 Å². The third-order valence-corrected chi connectivity index (χ3v) is 2.93. The second kappa shape index (κ2) is 5.66. The van der Waals surface area contributed by atoms with Crippen molar-refractivity contribution in [2.24, 2.45) is 7.05 Å². The lowest BCUT2D eigenvalue weighted by Gasteiger charge is -2.11. The van der Waals surface area contributed by atoms with Crippen molar-refractivity contribution in [3.8, 4) is 0 Å². The maximum absolute atomic E-state index is 11.7. The molecule has 0 radical (unpaired) electrons. The topological polar surface area (TPSA) is 67.2 Å². The van der Waals surface area contributed by atoms with Gasteiger partial charge in [0.1, 0.15) is 0 Å². The van der Waals surface area contributed by atoms with Gasteiger partial charge in [0.2, 0.25) is 11.8 Å². The van der Waals surface area contributed by atoms with Gasteiger partial charge in [-0.05, 0) is 13.8 Å². The van der Waals surface area contributed by atoms with Gasteiger partial charge in [-0.25, -0.2) is 0 Å². The van der Waals surface area contributed by atoms with Crippen LogP contribution >= 0.6 is 0 Å². The molecule has 1 aromatic rings. The zero-order chi connectivity index (χ0) is 13.9. The first-order chi connectivity index (χ1) is 8.32. The molecule has 0 atom stereocenters. The van der Waals surface area contributed by atoms with E-state index in [9.17, 15) is 9.59 Å². The number of carbonyl (C=O) groups is 2. The molecule has 1 rings (SSSR count). The molecule has 0 aromatic carbocycles. The van der Waals surface area contributed by atoms with Gasteiger partial charge in [-0.2, -0.15) is 5.10 Å². The Bertz CT molecular complexity index is 463. The van der Waals surface area contributed by atoms with Gasteiger partial charge in [-0.15, -0.1) is 0 Å². The summed E-state index contributed by atoms with van der Waals surface area (Å²) in [5, 5.41) is 6.86. The molecule has 0 saturated carbocycles. The van der Waals surface area contributed by atoms with Crippen LogP contribution in [-0.2, 0) is 23.1 Å². The van der Waals surface area contributed by atoms with Crippen molar-refractivity contribution in [1.82, 2.24) is 20.0 Å². The normalized spacial score (nSPS) is 10.3. The molecule has 0 spiro atoms. The third-order valence-electron chi connectivity index (χ3n) is 2.93. The minimum Gasteiger partial charge on any atom is -0.347 e. The van der Waals surface area contributed by atoms with Gasteiger partial charge >= 0.3 is 0 Å². The van der Waals surface area contributed by atoms with Crippen LogP contribution in [0.3, 0.4) is 0 Å². The van der Waals surface area contributed by atoms with Crippen LogP contribution in [0.4, 0.5) is 0 Å². The maximum atomic E-state index is 11.7. The van der Waals surface area contributed by atoms with E-state index in [1.54, 1.807) is 18.8 Å². The number of carbonyl (C=O) groups excluding carboxylic acids is 2. The van der Waals surface area contributed by atoms with Crippen molar-refractivity contribution in [3.63, 3.8) is 0 Å². The van der Waals surface area contributed by atoms with Crippen LogP contribution in [0.5, 0.6) is 0 Å². The summed E-state index contributed by atoms with van der Waals surface area (Å²) in [5.41, 5.74) is 2.75. The summed E-state index contributed by atoms with van der Waals surface area (Å²) in [7, 11) is 5.16. The van der Waals surface area contributed by atoms with Gasteiger partial charge in [0.25, 0.3) is 0 Å². The minimum absolute atomic E-state index is 0.0319. The molecule has 0 aliphatic heterocycles. The minimum atomic E-state index is -0.163. The first-order valence-corrected chi connectivity index (χ1v) is 5.78. The molecular weight excluding hydrogens is 232 g/mol. The molecule has 6 nitrogen and oxygen atoms in total. The Morgan fingerprint density at radius 3 is 2.39 bits per heavy atom. The van der Waals surface area contributed by atoms with Crippen molar-refractivity contribution in [2.75, 3.05) is 20.6 Å². The van der Waals surface area contributed by atoms with Crippen molar-refractivity contribution in [3.05, 3.63) is 17.0 Å². The Morgan fingerprint density at radius 2 is 1.94 bits per heavy atom. The molecule has 0 fully saturated rings. The van der Waals surface area contributed by atoms with Crippen LogP contribution in [0, 0.1) is 13.8 Å². The number of hydrogen-bond acceptors (Lipinski definition) is 3. The van der Waals surface area contributed by atoms with Crippen LogP contribution in [0.2, 0.25) is 0 Å². The van der Waals surface area contributed by atoms with Gasteiger partial charge in [0, 0.05) is 32.4 Å². The van der Waals surface area contributed by atoms with E-state index >= 15 is 0 Å². The first-order valence-electron chi connectivity index (χ1n) is 5.78. The van der Waals surface area contributed by atoms with E-state index in [4.69, 9.17) is 0 Å². The second-order valence-corrected chi connectivity index (χ2v) is 4.51. The fourth-order valence-electron chi connectivity index (χ4n) is 1.63. The molecular formula is C12H20N4O2. The summed E-state index contributed by atoms with van der Waals surface area (Å²) < 4.78 is 1.75. The molecule has 1 heterocycles. The second-order valence-electron chi connectivity index (χ2n) is 4.51. The van der Waals surface area contributed by atoms with Crippen LogP contribution < -0.4 is 5.32 Å². The molecule has 0 aliphatic carbocycles. The van der Waals surface area contributed by atoms with E-state index in [1.165, 1.54) is 4.90 Å². The number of aryl methyl sites for hydroxylation is 2. The van der Waals surface area contributed by atoms with Gasteiger partial charge in [-0.1, -0.05) is 0 Å². The molecule has 6 heteroatoms. The predicted octanol–water partition coefficient (Wildman–Crippen LogP) is -0.216. The SMILES string of the molecule is Cc1nn(C)c(C)c1CC(=O)NCC(=O)N(C)C. The zero-order valence-corrected chi connectivity index (χ0v) is 11.6. The van der Waals surface area contributed by atoms with Crippen molar-refractivity contribution in [1.29, 1.82) is 0 Å². The lowest BCUT2D eigenvalue weighted by Crippen LogP contribution is -2.37. The molecule has 0 aliphatic rings. The van der Waals surface area contributed by atoms with Gasteiger partial charge < -0.3 is 10.2 Å². The number of amides is 2. The average molecular weight is 252 g/mol. The summed E-state index contributed by atoms with van der Waals surface area (Å²) in [5.74, 6) is -0.285. The predicted molar refractivity (Wildman–Crippen MR) is 68.1 cm³/mol. The lowest BCUT2D eigenvalue weighted by atomic mass is 10.1. The molecule has 0 bridgehead atoms. The molecule has 2 amide bonds. The average Bonchev–Trinajstić information content (AvgIpc) is 2.52. The summed E-state index contributed by atoms with van der Waals surface area (Å²) in [6, 6.07) is 0. The number of rotatable bonds is 4. The van der Waals surface area contributed by atoms with Crippen molar-refractivity contribution >= 4 is 11.8 Å². The van der Waals surface area contributed by atoms with E-state index in [0.29, 0.717) is 0 Å². The van der Waals surface area contributed by atoms with Gasteiger partial charge in [-0.3, -0.25) is 14.3 Å². The zero-order valence-electron chi connectivity index (χ0n) is 11.6. The molecule has 1 aromatic heterocycles. The molecule has 1 N–H and O–H groups in total. The molecule has 0 saturated heterocycles. The van der Waals surface area contributed by atoms with E-state index in [1.807, 2.05) is 20.9 Å². The lowest BCUT2D eigenvalue weighted by molar-refractivity contribution is -0.130. The van der Waals surface area contributed by atoms with Crippen LogP contribution in [0.15, 0.2) is 0 Å². The number of nitrogens with one attached hydrogen (secondary N) is 1. The number of likely N-dealkylation sites (N-methyl/N-ethyl adjacent to an activating group) is 1. The third kappa shape index (κ3) is 3.32. The Morgan fingerprint density at radius 1 is 1.33 bits per heavy atom. The Kier molecular flexibility index (Phi) is 4.47. The number of hydrogen-bond donors (Lipinski definition) is 1. The summed E-state index contributed by atoms with van der Waals surface area (Å²) in [6.07, 6.45) is 0.256. The fraction of sp³-hybridized carbons (Fsp3) is 0.583. The summed E-state index contributed by atoms with van der Waals surface area (Å²) >= 11 is 0. The van der Waals surface area contributed by atoms with Crippen LogP contribution in [0.25, 0.3) is 0 Å². The van der Waals surface area contributed by atoms with E-state index in [0.717, 1.165) is 17.0 Å². The quantitative estimate of drug-likeness (QED) is 0.806. The van der Waals surface area contributed by atoms with E-state index in [-0.39, 0.29) is 24.8 Å². The molecule has 18 heavy (non-hydrogen) atoms. The van der Waals surface area contributed by atoms with Crippen molar-refractivity contribution in [2.45, 2.75) is 20.3 Å². The Hall–Kier alpha value is -1.85.